The minimum atomic E-state index is -0.328. The number of hydrogen-bond donors (Lipinski definition) is 1. The minimum Gasteiger partial charge on any atom is -0.361 e. The zero-order valence-corrected chi connectivity index (χ0v) is 18.2. The summed E-state index contributed by atoms with van der Waals surface area (Å²) in [5.41, 5.74) is 1.35. The summed E-state index contributed by atoms with van der Waals surface area (Å²) in [4.78, 5) is 39.3. The van der Waals surface area contributed by atoms with Crippen molar-refractivity contribution in [3.8, 4) is 0 Å². The highest BCUT2D eigenvalue weighted by atomic mass is 16.5. The Hall–Kier alpha value is -2.84. The highest BCUT2D eigenvalue weighted by Crippen LogP contribution is 2.22. The van der Waals surface area contributed by atoms with Crippen molar-refractivity contribution in [1.29, 1.82) is 0 Å². The molecule has 9 heteroatoms. The second-order valence-corrected chi connectivity index (χ2v) is 7.91. The smallest absolute Gasteiger partial charge is 0.332 e. The van der Waals surface area contributed by atoms with Gasteiger partial charge in [-0.05, 0) is 46.5 Å². The Kier molecular flexibility index (Phi) is 6.79. The molecular weight excluding hydrogens is 386 g/mol. The van der Waals surface area contributed by atoms with E-state index in [4.69, 9.17) is 4.52 Å². The first kappa shape index (κ1) is 21.9. The Bertz CT molecular complexity index is 1000. The van der Waals surface area contributed by atoms with Gasteiger partial charge in [0.25, 0.3) is 5.56 Å². The number of piperidine rings is 1. The van der Waals surface area contributed by atoms with Crippen LogP contribution in [0.4, 0.5) is 5.82 Å². The SMILES string of the molecule is CCn1c(N2CCCC(C(=O)NCCCc3c(C)noc3C)C2)cc(=O)n(C)c1=O. The minimum absolute atomic E-state index is 0.0210. The van der Waals surface area contributed by atoms with Crippen LogP contribution in [0.25, 0.3) is 0 Å². The lowest BCUT2D eigenvalue weighted by Crippen LogP contribution is -2.47. The summed E-state index contributed by atoms with van der Waals surface area (Å²) in [7, 11) is 1.48. The Morgan fingerprint density at radius 1 is 1.33 bits per heavy atom. The largest absolute Gasteiger partial charge is 0.361 e. The van der Waals surface area contributed by atoms with E-state index in [9.17, 15) is 14.4 Å². The summed E-state index contributed by atoms with van der Waals surface area (Å²) in [6.45, 7) is 7.99. The normalized spacial score (nSPS) is 16.7. The molecule has 164 valence electrons. The van der Waals surface area contributed by atoms with Gasteiger partial charge in [0.1, 0.15) is 11.6 Å². The number of carbonyl (C=O) groups excluding carboxylic acids is 1. The van der Waals surface area contributed by atoms with E-state index >= 15 is 0 Å². The number of aryl methyl sites for hydroxylation is 2. The van der Waals surface area contributed by atoms with E-state index in [-0.39, 0.29) is 23.1 Å². The molecule has 3 rings (SSSR count). The van der Waals surface area contributed by atoms with Crippen LogP contribution in [0, 0.1) is 19.8 Å². The molecule has 1 unspecified atom stereocenters. The summed E-state index contributed by atoms with van der Waals surface area (Å²) in [5, 5.41) is 6.99. The van der Waals surface area contributed by atoms with Crippen molar-refractivity contribution in [1.82, 2.24) is 19.6 Å². The van der Waals surface area contributed by atoms with Crippen LogP contribution in [0.2, 0.25) is 0 Å². The van der Waals surface area contributed by atoms with E-state index in [0.717, 1.165) is 53.8 Å². The molecule has 9 nitrogen and oxygen atoms in total. The maximum absolute atomic E-state index is 12.7. The lowest BCUT2D eigenvalue weighted by atomic mass is 9.97. The molecule has 0 bridgehead atoms. The van der Waals surface area contributed by atoms with Crippen molar-refractivity contribution in [3.05, 3.63) is 43.9 Å². The molecule has 3 heterocycles. The number of hydrogen-bond acceptors (Lipinski definition) is 6. The van der Waals surface area contributed by atoms with Gasteiger partial charge in [0.05, 0.1) is 11.6 Å². The van der Waals surface area contributed by atoms with E-state index in [1.807, 2.05) is 25.7 Å². The summed E-state index contributed by atoms with van der Waals surface area (Å²) in [6.07, 6.45) is 3.27. The fourth-order valence-corrected chi connectivity index (χ4v) is 4.10. The van der Waals surface area contributed by atoms with Gasteiger partial charge in [-0.1, -0.05) is 5.16 Å². The van der Waals surface area contributed by atoms with Crippen molar-refractivity contribution in [2.45, 2.75) is 53.0 Å². The predicted octanol–water partition coefficient (Wildman–Crippen LogP) is 1.14. The molecule has 1 saturated heterocycles. The van der Waals surface area contributed by atoms with E-state index in [1.165, 1.54) is 13.1 Å². The van der Waals surface area contributed by atoms with Crippen LogP contribution in [0.15, 0.2) is 20.2 Å². The topological polar surface area (TPSA) is 102 Å². The van der Waals surface area contributed by atoms with E-state index < -0.39 is 0 Å². The van der Waals surface area contributed by atoms with Gasteiger partial charge in [0.15, 0.2) is 0 Å². The maximum Gasteiger partial charge on any atom is 0.332 e. The van der Waals surface area contributed by atoms with Crippen molar-refractivity contribution in [2.75, 3.05) is 24.5 Å². The summed E-state index contributed by atoms with van der Waals surface area (Å²) < 4.78 is 7.87. The highest BCUT2D eigenvalue weighted by molar-refractivity contribution is 5.79. The molecule has 30 heavy (non-hydrogen) atoms. The lowest BCUT2D eigenvalue weighted by Gasteiger charge is -2.34. The zero-order chi connectivity index (χ0) is 21.8. The summed E-state index contributed by atoms with van der Waals surface area (Å²) in [5.74, 6) is 1.29. The van der Waals surface area contributed by atoms with Crippen molar-refractivity contribution >= 4 is 11.7 Å². The second-order valence-electron chi connectivity index (χ2n) is 7.91. The molecule has 0 saturated carbocycles. The van der Waals surface area contributed by atoms with Crippen molar-refractivity contribution in [3.63, 3.8) is 0 Å². The molecule has 0 aromatic carbocycles. The van der Waals surface area contributed by atoms with Gasteiger partial charge in [-0.3, -0.25) is 18.7 Å². The van der Waals surface area contributed by atoms with E-state index in [2.05, 4.69) is 10.5 Å². The summed E-state index contributed by atoms with van der Waals surface area (Å²) >= 11 is 0. The van der Waals surface area contributed by atoms with Gasteiger partial charge in [-0.25, -0.2) is 4.79 Å². The van der Waals surface area contributed by atoms with Crippen molar-refractivity contribution in [2.24, 2.45) is 13.0 Å². The first-order valence-corrected chi connectivity index (χ1v) is 10.6. The molecule has 1 amide bonds. The van der Waals surface area contributed by atoms with Crippen LogP contribution in [-0.2, 0) is 24.8 Å². The van der Waals surface area contributed by atoms with Gasteiger partial charge >= 0.3 is 5.69 Å². The Labute approximate surface area is 175 Å². The van der Waals surface area contributed by atoms with Gasteiger partial charge < -0.3 is 14.7 Å². The third-order valence-corrected chi connectivity index (χ3v) is 5.89. The molecule has 0 spiro atoms. The lowest BCUT2D eigenvalue weighted by molar-refractivity contribution is -0.125. The van der Waals surface area contributed by atoms with Crippen LogP contribution < -0.4 is 21.5 Å². The number of nitrogens with one attached hydrogen (secondary N) is 1. The average Bonchev–Trinajstić information content (AvgIpc) is 3.06. The van der Waals surface area contributed by atoms with Crippen LogP contribution >= 0.6 is 0 Å². The number of aromatic nitrogens is 3. The Morgan fingerprint density at radius 2 is 2.10 bits per heavy atom. The van der Waals surface area contributed by atoms with Gasteiger partial charge in [0.2, 0.25) is 5.91 Å². The van der Waals surface area contributed by atoms with Gasteiger partial charge in [0, 0.05) is 44.9 Å². The molecule has 1 fully saturated rings. The number of carbonyl (C=O) groups is 1. The van der Waals surface area contributed by atoms with Gasteiger partial charge in [-0.2, -0.15) is 0 Å². The third kappa shape index (κ3) is 4.49. The van der Waals surface area contributed by atoms with Gasteiger partial charge in [-0.15, -0.1) is 0 Å². The first-order valence-electron chi connectivity index (χ1n) is 10.6. The molecule has 1 atom stereocenters. The molecule has 2 aromatic heterocycles. The standard InChI is InChI=1S/C21H31N5O4/c1-5-26-18(12-19(27)24(4)21(26)29)25-11-7-8-16(13-25)20(28)22-10-6-9-17-14(2)23-30-15(17)3/h12,16H,5-11,13H2,1-4H3,(H,22,28). The summed E-state index contributed by atoms with van der Waals surface area (Å²) in [6, 6.07) is 1.49. The maximum atomic E-state index is 12.7. The Morgan fingerprint density at radius 3 is 2.77 bits per heavy atom. The monoisotopic (exact) mass is 417 g/mol. The highest BCUT2D eigenvalue weighted by Gasteiger charge is 2.27. The molecule has 0 aliphatic carbocycles. The quantitative estimate of drug-likeness (QED) is 0.678. The number of rotatable bonds is 7. The van der Waals surface area contributed by atoms with Crippen molar-refractivity contribution < 1.29 is 9.32 Å². The molecule has 2 aromatic rings. The third-order valence-electron chi connectivity index (χ3n) is 5.89. The predicted molar refractivity (Wildman–Crippen MR) is 114 cm³/mol. The average molecular weight is 418 g/mol. The first-order chi connectivity index (χ1) is 14.3. The second kappa shape index (κ2) is 9.32. The van der Waals surface area contributed by atoms with Crippen LogP contribution in [0.3, 0.4) is 0 Å². The fourth-order valence-electron chi connectivity index (χ4n) is 4.10. The molecule has 0 radical (unpaired) electrons. The Balaban J connectivity index is 1.60. The fraction of sp³-hybridized carbons (Fsp3) is 0.619. The molecular formula is C21H31N5O4. The van der Waals surface area contributed by atoms with Crippen LogP contribution in [-0.4, -0.2) is 39.8 Å². The number of nitrogens with zero attached hydrogens (tertiary/aromatic N) is 4. The number of anilines is 1. The van der Waals surface area contributed by atoms with Crippen LogP contribution in [0.1, 0.15) is 43.2 Å². The molecule has 1 N–H and O–H groups in total. The van der Waals surface area contributed by atoms with Crippen LogP contribution in [0.5, 0.6) is 0 Å². The van der Waals surface area contributed by atoms with E-state index in [0.29, 0.717) is 25.5 Å². The molecule has 1 aliphatic heterocycles. The zero-order valence-electron chi connectivity index (χ0n) is 18.2. The number of amides is 1. The molecule has 1 aliphatic rings. The van der Waals surface area contributed by atoms with E-state index in [1.54, 1.807) is 4.57 Å².